The van der Waals surface area contributed by atoms with Gasteiger partial charge in [0.25, 0.3) is 5.91 Å². The zero-order valence-electron chi connectivity index (χ0n) is 18.0. The van der Waals surface area contributed by atoms with E-state index >= 15 is 0 Å². The largest absolute Gasteiger partial charge is 0.496 e. The van der Waals surface area contributed by atoms with Crippen LogP contribution in [-0.2, 0) is 17.6 Å². The van der Waals surface area contributed by atoms with Gasteiger partial charge in [-0.3, -0.25) is 9.59 Å². The number of primary amides is 1. The highest BCUT2D eigenvalue weighted by atomic mass is 32.1. The molecule has 2 N–H and O–H groups in total. The number of aryl methyl sites for hydroxylation is 1. The second kappa shape index (κ2) is 9.10. The first-order chi connectivity index (χ1) is 15.0. The molecule has 1 fully saturated rings. The van der Waals surface area contributed by atoms with Crippen LogP contribution in [0.3, 0.4) is 0 Å². The molecule has 1 saturated heterocycles. The zero-order chi connectivity index (χ0) is 22.0. The molecule has 31 heavy (non-hydrogen) atoms. The van der Waals surface area contributed by atoms with Gasteiger partial charge in [0.2, 0.25) is 5.91 Å². The molecule has 0 aliphatic carbocycles. The number of nitrogens with zero attached hydrogens (tertiary/aromatic N) is 1. The van der Waals surface area contributed by atoms with Crippen LogP contribution in [-0.4, -0.2) is 36.4 Å². The average molecular weight is 437 g/mol. The van der Waals surface area contributed by atoms with Crippen LogP contribution in [0.15, 0.2) is 42.5 Å². The number of thiophene rings is 1. The van der Waals surface area contributed by atoms with E-state index in [-0.39, 0.29) is 11.9 Å². The Morgan fingerprint density at radius 1 is 1.19 bits per heavy atom. The number of fused-ring (bicyclic) bond motifs is 1. The minimum atomic E-state index is -0.390. The van der Waals surface area contributed by atoms with Crippen molar-refractivity contribution in [3.63, 3.8) is 0 Å². The third kappa shape index (κ3) is 4.44. The number of rotatable bonds is 6. The monoisotopic (exact) mass is 436 g/mol. The predicted octanol–water partition coefficient (Wildman–Crippen LogP) is 4.48. The number of hydrogen-bond donors (Lipinski definition) is 1. The van der Waals surface area contributed by atoms with Gasteiger partial charge in [-0.05, 0) is 66.8 Å². The first kappa shape index (κ1) is 21.4. The standard InChI is InChI=1S/C25H28N2O3S/c1-16-13-17(10-11-21(16)30-2)14-23(28)27-12-6-5-7-18(27)15-20-19-8-3-4-9-22(19)31-24(20)25(26)29/h3-4,8-11,13,18H,5-7,12,14-15H2,1-2H3,(H2,26,29)/t18-/m0/s1. The highest BCUT2D eigenvalue weighted by Crippen LogP contribution is 2.34. The molecule has 1 atom stereocenters. The van der Waals surface area contributed by atoms with E-state index in [1.54, 1.807) is 7.11 Å². The van der Waals surface area contributed by atoms with E-state index in [4.69, 9.17) is 10.5 Å². The van der Waals surface area contributed by atoms with Gasteiger partial charge in [-0.25, -0.2) is 0 Å². The van der Waals surface area contributed by atoms with Gasteiger partial charge < -0.3 is 15.4 Å². The molecule has 0 unspecified atom stereocenters. The molecule has 3 aromatic rings. The summed E-state index contributed by atoms with van der Waals surface area (Å²) < 4.78 is 6.39. The smallest absolute Gasteiger partial charge is 0.259 e. The minimum absolute atomic E-state index is 0.0803. The number of carbonyl (C=O) groups is 2. The van der Waals surface area contributed by atoms with Crippen molar-refractivity contribution in [2.45, 2.75) is 45.1 Å². The summed E-state index contributed by atoms with van der Waals surface area (Å²) in [6.45, 7) is 2.75. The van der Waals surface area contributed by atoms with Crippen LogP contribution in [0.5, 0.6) is 5.75 Å². The molecule has 2 heterocycles. The average Bonchev–Trinajstić information content (AvgIpc) is 3.13. The van der Waals surface area contributed by atoms with E-state index in [9.17, 15) is 9.59 Å². The number of amides is 2. The van der Waals surface area contributed by atoms with Gasteiger partial charge in [0.1, 0.15) is 5.75 Å². The molecule has 0 radical (unpaired) electrons. The van der Waals surface area contributed by atoms with Crippen LogP contribution in [0.25, 0.3) is 10.1 Å². The highest BCUT2D eigenvalue weighted by molar-refractivity contribution is 7.21. The summed E-state index contributed by atoms with van der Waals surface area (Å²) in [7, 11) is 1.65. The summed E-state index contributed by atoms with van der Waals surface area (Å²) in [5, 5.41) is 1.07. The summed E-state index contributed by atoms with van der Waals surface area (Å²) in [6.07, 6.45) is 4.07. The van der Waals surface area contributed by atoms with Crippen molar-refractivity contribution in [2.75, 3.05) is 13.7 Å². The molecule has 0 saturated carbocycles. The molecule has 1 aliphatic heterocycles. The topological polar surface area (TPSA) is 72.6 Å². The maximum absolute atomic E-state index is 13.3. The number of ether oxygens (including phenoxy) is 1. The van der Waals surface area contributed by atoms with Gasteiger partial charge >= 0.3 is 0 Å². The fourth-order valence-corrected chi connectivity index (χ4v) is 5.69. The number of hydrogen-bond acceptors (Lipinski definition) is 4. The van der Waals surface area contributed by atoms with Crippen LogP contribution in [0.1, 0.15) is 45.6 Å². The maximum Gasteiger partial charge on any atom is 0.259 e. The van der Waals surface area contributed by atoms with Gasteiger partial charge in [0.05, 0.1) is 18.4 Å². The summed E-state index contributed by atoms with van der Waals surface area (Å²) in [6, 6.07) is 14.0. The summed E-state index contributed by atoms with van der Waals surface area (Å²) in [5.41, 5.74) is 8.70. The number of nitrogens with two attached hydrogens (primary N) is 1. The minimum Gasteiger partial charge on any atom is -0.496 e. The highest BCUT2D eigenvalue weighted by Gasteiger charge is 2.29. The van der Waals surface area contributed by atoms with Crippen LogP contribution in [0.2, 0.25) is 0 Å². The Labute approximate surface area is 186 Å². The lowest BCUT2D eigenvalue weighted by Gasteiger charge is -2.36. The van der Waals surface area contributed by atoms with Crippen molar-refractivity contribution in [1.82, 2.24) is 4.90 Å². The molecule has 1 aromatic heterocycles. The van der Waals surface area contributed by atoms with Gasteiger partial charge in [-0.15, -0.1) is 11.3 Å². The summed E-state index contributed by atoms with van der Waals surface area (Å²) in [4.78, 5) is 28.0. The maximum atomic E-state index is 13.3. The number of carbonyl (C=O) groups excluding carboxylic acids is 2. The molecule has 6 heteroatoms. The van der Waals surface area contributed by atoms with Crippen LogP contribution in [0, 0.1) is 6.92 Å². The SMILES string of the molecule is COc1ccc(CC(=O)N2CCCC[C@H]2Cc2c(C(N)=O)sc3ccccc23)cc1C. The van der Waals surface area contributed by atoms with E-state index in [1.807, 2.05) is 54.3 Å². The molecular formula is C25H28N2O3S. The third-order valence-corrected chi connectivity index (χ3v) is 7.35. The lowest BCUT2D eigenvalue weighted by molar-refractivity contribution is -0.134. The lowest BCUT2D eigenvalue weighted by atomic mass is 9.93. The normalized spacial score (nSPS) is 16.5. The fourth-order valence-electron chi connectivity index (χ4n) is 4.60. The van der Waals surface area contributed by atoms with Crippen LogP contribution < -0.4 is 10.5 Å². The van der Waals surface area contributed by atoms with Crippen molar-refractivity contribution in [3.8, 4) is 5.75 Å². The third-order valence-electron chi connectivity index (χ3n) is 6.12. The molecule has 1 aliphatic rings. The lowest BCUT2D eigenvalue weighted by Crippen LogP contribution is -2.45. The van der Waals surface area contributed by atoms with Crippen molar-refractivity contribution < 1.29 is 14.3 Å². The predicted molar refractivity (Wildman–Crippen MR) is 125 cm³/mol. The van der Waals surface area contributed by atoms with E-state index in [2.05, 4.69) is 0 Å². The molecule has 5 nitrogen and oxygen atoms in total. The van der Waals surface area contributed by atoms with E-state index in [0.29, 0.717) is 17.7 Å². The van der Waals surface area contributed by atoms with Crippen LogP contribution in [0.4, 0.5) is 0 Å². The Morgan fingerprint density at radius 2 is 2.00 bits per heavy atom. The Kier molecular flexibility index (Phi) is 6.28. The molecule has 2 aromatic carbocycles. The van der Waals surface area contributed by atoms with E-state index in [1.165, 1.54) is 11.3 Å². The van der Waals surface area contributed by atoms with Gasteiger partial charge in [0.15, 0.2) is 0 Å². The molecule has 2 amide bonds. The quantitative estimate of drug-likeness (QED) is 0.619. The molecule has 162 valence electrons. The van der Waals surface area contributed by atoms with E-state index < -0.39 is 5.91 Å². The molecule has 0 bridgehead atoms. The Balaban J connectivity index is 1.58. The van der Waals surface area contributed by atoms with Crippen molar-refractivity contribution in [1.29, 1.82) is 0 Å². The second-order valence-electron chi connectivity index (χ2n) is 8.19. The Hall–Kier alpha value is -2.86. The summed E-state index contributed by atoms with van der Waals surface area (Å²) in [5.74, 6) is 0.573. The van der Waals surface area contributed by atoms with Gasteiger partial charge in [-0.1, -0.05) is 30.3 Å². The Bertz CT molecular complexity index is 1120. The second-order valence-corrected chi connectivity index (χ2v) is 9.24. The van der Waals surface area contributed by atoms with Crippen molar-refractivity contribution >= 4 is 33.2 Å². The number of piperidine rings is 1. The zero-order valence-corrected chi connectivity index (χ0v) is 18.8. The molecule has 0 spiro atoms. The van der Waals surface area contributed by atoms with E-state index in [0.717, 1.165) is 58.3 Å². The number of benzene rings is 2. The number of methoxy groups -OCH3 is 1. The Morgan fingerprint density at radius 3 is 2.74 bits per heavy atom. The first-order valence-corrected chi connectivity index (χ1v) is 11.5. The fraction of sp³-hybridized carbons (Fsp3) is 0.360. The van der Waals surface area contributed by atoms with Crippen molar-refractivity contribution in [3.05, 3.63) is 64.0 Å². The van der Waals surface area contributed by atoms with Crippen LogP contribution >= 0.6 is 11.3 Å². The van der Waals surface area contributed by atoms with Gasteiger partial charge in [-0.2, -0.15) is 0 Å². The first-order valence-electron chi connectivity index (χ1n) is 10.7. The van der Waals surface area contributed by atoms with Crippen molar-refractivity contribution in [2.24, 2.45) is 5.73 Å². The molecule has 4 rings (SSSR count). The van der Waals surface area contributed by atoms with Gasteiger partial charge in [0, 0.05) is 17.3 Å². The summed E-state index contributed by atoms with van der Waals surface area (Å²) >= 11 is 1.45. The number of likely N-dealkylation sites (tertiary alicyclic amines) is 1. The molecular weight excluding hydrogens is 408 g/mol.